The highest BCUT2D eigenvalue weighted by Gasteiger charge is 2.20. The summed E-state index contributed by atoms with van der Waals surface area (Å²) in [6.45, 7) is 7.76. The van der Waals surface area contributed by atoms with E-state index in [-0.39, 0.29) is 5.91 Å². The molecular weight excluding hydrogens is 470 g/mol. The van der Waals surface area contributed by atoms with Crippen molar-refractivity contribution in [1.29, 1.82) is 0 Å². The molecular formula is C28H45N5O2S. The second-order valence-corrected chi connectivity index (χ2v) is 10.5. The van der Waals surface area contributed by atoms with Gasteiger partial charge >= 0.3 is 0 Å². The minimum absolute atomic E-state index is 0.203. The first-order valence-corrected chi connectivity index (χ1v) is 14.6. The lowest BCUT2D eigenvalue weighted by atomic mass is 10.1. The van der Waals surface area contributed by atoms with Crippen molar-refractivity contribution >= 4 is 22.6 Å². The third kappa shape index (κ3) is 10.4. The largest absolute Gasteiger partial charge is 0.497 e. The molecule has 1 amide bonds. The SMILES string of the molecule is CCCCCCCCCCCC(=O)NCCN1CCN(c2nc(Cc3cccc(OC)c3)ns2)CC1. The van der Waals surface area contributed by atoms with E-state index in [9.17, 15) is 4.79 Å². The van der Waals surface area contributed by atoms with Crippen LogP contribution < -0.4 is 15.0 Å². The first-order valence-electron chi connectivity index (χ1n) is 13.9. The minimum Gasteiger partial charge on any atom is -0.497 e. The Morgan fingerprint density at radius 1 is 1.03 bits per heavy atom. The van der Waals surface area contributed by atoms with Crippen molar-refractivity contribution in [3.8, 4) is 5.75 Å². The van der Waals surface area contributed by atoms with Crippen LogP contribution in [0.1, 0.15) is 82.5 Å². The number of nitrogens with one attached hydrogen (secondary N) is 1. The summed E-state index contributed by atoms with van der Waals surface area (Å²) in [6, 6.07) is 8.07. The molecule has 0 unspecified atom stereocenters. The molecule has 0 bridgehead atoms. The van der Waals surface area contributed by atoms with Crippen LogP contribution in [0.25, 0.3) is 0 Å². The van der Waals surface area contributed by atoms with Crippen molar-refractivity contribution in [3.05, 3.63) is 35.7 Å². The number of piperazine rings is 1. The first-order chi connectivity index (χ1) is 17.7. The second-order valence-electron chi connectivity index (χ2n) is 9.78. The lowest BCUT2D eigenvalue weighted by Gasteiger charge is -2.34. The predicted molar refractivity (Wildman–Crippen MR) is 149 cm³/mol. The van der Waals surface area contributed by atoms with Gasteiger partial charge in [0.2, 0.25) is 11.0 Å². The zero-order valence-corrected chi connectivity index (χ0v) is 23.2. The van der Waals surface area contributed by atoms with Crippen molar-refractivity contribution < 1.29 is 9.53 Å². The summed E-state index contributed by atoms with van der Waals surface area (Å²) in [7, 11) is 1.69. The number of aromatic nitrogens is 2. The van der Waals surface area contributed by atoms with Crippen molar-refractivity contribution in [2.24, 2.45) is 0 Å². The quantitative estimate of drug-likeness (QED) is 0.289. The van der Waals surface area contributed by atoms with E-state index in [1.165, 1.54) is 62.9 Å². The maximum absolute atomic E-state index is 12.1. The van der Waals surface area contributed by atoms with Crippen LogP contribution in [-0.4, -0.2) is 66.5 Å². The van der Waals surface area contributed by atoms with Gasteiger partial charge in [-0.1, -0.05) is 70.4 Å². The van der Waals surface area contributed by atoms with Crippen LogP contribution >= 0.6 is 11.5 Å². The average Bonchev–Trinajstić information content (AvgIpc) is 3.36. The molecule has 1 aliphatic heterocycles. The van der Waals surface area contributed by atoms with Gasteiger partial charge in [-0.25, -0.2) is 4.98 Å². The number of amides is 1. The van der Waals surface area contributed by atoms with Gasteiger partial charge in [0.15, 0.2) is 0 Å². The summed E-state index contributed by atoms with van der Waals surface area (Å²) in [6.07, 6.45) is 12.9. The highest BCUT2D eigenvalue weighted by atomic mass is 32.1. The molecule has 1 aromatic carbocycles. The maximum Gasteiger partial charge on any atom is 0.220 e. The van der Waals surface area contributed by atoms with Crippen molar-refractivity contribution in [3.63, 3.8) is 0 Å². The summed E-state index contributed by atoms with van der Waals surface area (Å²) >= 11 is 1.48. The van der Waals surface area contributed by atoms with E-state index in [0.717, 1.165) is 68.0 Å². The molecule has 1 saturated heterocycles. The third-order valence-corrected chi connectivity index (χ3v) is 7.67. The van der Waals surface area contributed by atoms with Gasteiger partial charge in [0.25, 0.3) is 0 Å². The Labute approximate surface area is 221 Å². The molecule has 0 spiro atoms. The van der Waals surface area contributed by atoms with Crippen LogP contribution in [0.2, 0.25) is 0 Å². The fourth-order valence-electron chi connectivity index (χ4n) is 4.61. The number of carbonyl (C=O) groups is 1. The number of hydrogen-bond acceptors (Lipinski definition) is 7. The Balaban J connectivity index is 1.23. The fraction of sp³-hybridized carbons (Fsp3) is 0.679. The highest BCUT2D eigenvalue weighted by molar-refractivity contribution is 7.09. The molecule has 0 saturated carbocycles. The van der Waals surface area contributed by atoms with E-state index in [1.807, 2.05) is 18.2 Å². The van der Waals surface area contributed by atoms with Crippen molar-refractivity contribution in [2.75, 3.05) is 51.3 Å². The van der Waals surface area contributed by atoms with Gasteiger partial charge in [-0.2, -0.15) is 4.37 Å². The van der Waals surface area contributed by atoms with Crippen LogP contribution in [0, 0.1) is 0 Å². The lowest BCUT2D eigenvalue weighted by Crippen LogP contribution is -2.48. The third-order valence-electron chi connectivity index (χ3n) is 6.85. The predicted octanol–water partition coefficient (Wildman–Crippen LogP) is 5.30. The summed E-state index contributed by atoms with van der Waals surface area (Å²) in [5.74, 6) is 1.92. The maximum atomic E-state index is 12.1. The zero-order valence-electron chi connectivity index (χ0n) is 22.3. The van der Waals surface area contributed by atoms with E-state index in [4.69, 9.17) is 9.72 Å². The number of nitrogens with zero attached hydrogens (tertiary/aromatic N) is 4. The molecule has 7 nitrogen and oxygen atoms in total. The number of anilines is 1. The van der Waals surface area contributed by atoms with Crippen LogP contribution in [0.3, 0.4) is 0 Å². The van der Waals surface area contributed by atoms with Crippen LogP contribution in [0.5, 0.6) is 5.75 Å². The highest BCUT2D eigenvalue weighted by Crippen LogP contribution is 2.21. The number of hydrogen-bond donors (Lipinski definition) is 1. The van der Waals surface area contributed by atoms with Crippen LogP contribution in [-0.2, 0) is 11.2 Å². The average molecular weight is 516 g/mol. The summed E-state index contributed by atoms with van der Waals surface area (Å²) < 4.78 is 9.89. The molecule has 1 aromatic heterocycles. The molecule has 0 atom stereocenters. The van der Waals surface area contributed by atoms with E-state index in [2.05, 4.69) is 32.5 Å². The Bertz CT molecular complexity index is 882. The van der Waals surface area contributed by atoms with Gasteiger partial charge in [0.05, 0.1) is 7.11 Å². The molecule has 2 aromatic rings. The molecule has 2 heterocycles. The number of ether oxygens (including phenoxy) is 1. The number of unbranched alkanes of at least 4 members (excludes halogenated alkanes) is 8. The Morgan fingerprint density at radius 2 is 1.75 bits per heavy atom. The molecule has 36 heavy (non-hydrogen) atoms. The molecule has 1 N–H and O–H groups in total. The van der Waals surface area contributed by atoms with Crippen LogP contribution in [0.15, 0.2) is 24.3 Å². The second kappa shape index (κ2) is 16.5. The summed E-state index contributed by atoms with van der Waals surface area (Å²) in [4.78, 5) is 21.7. The zero-order chi connectivity index (χ0) is 25.4. The number of benzene rings is 1. The Kier molecular flexibility index (Phi) is 13.0. The van der Waals surface area contributed by atoms with E-state index in [0.29, 0.717) is 12.8 Å². The van der Waals surface area contributed by atoms with Gasteiger partial charge in [0, 0.05) is 63.6 Å². The molecule has 1 aliphatic rings. The number of rotatable bonds is 17. The van der Waals surface area contributed by atoms with Crippen molar-refractivity contribution in [2.45, 2.75) is 77.6 Å². The normalized spacial score (nSPS) is 14.2. The number of carbonyl (C=O) groups excluding carboxylic acids is 1. The fourth-order valence-corrected chi connectivity index (χ4v) is 5.35. The van der Waals surface area contributed by atoms with Crippen LogP contribution in [0.4, 0.5) is 5.13 Å². The van der Waals surface area contributed by atoms with Gasteiger partial charge < -0.3 is 15.0 Å². The molecule has 0 radical (unpaired) electrons. The topological polar surface area (TPSA) is 70.6 Å². The van der Waals surface area contributed by atoms with E-state index in [1.54, 1.807) is 7.11 Å². The monoisotopic (exact) mass is 515 g/mol. The standard InChI is InChI=1S/C28H45N5O2S/c1-3-4-5-6-7-8-9-10-11-15-27(34)29-16-17-32-18-20-33(21-19-32)28-30-26(31-36-28)23-24-13-12-14-25(22-24)35-2/h12-14,22H,3-11,15-21,23H2,1-2H3,(H,29,34). The van der Waals surface area contributed by atoms with Crippen molar-refractivity contribution in [1.82, 2.24) is 19.6 Å². The molecule has 200 valence electrons. The summed E-state index contributed by atoms with van der Waals surface area (Å²) in [5.41, 5.74) is 1.16. The first kappa shape index (κ1) is 28.4. The van der Waals surface area contributed by atoms with Gasteiger partial charge in [-0.3, -0.25) is 9.69 Å². The smallest absolute Gasteiger partial charge is 0.220 e. The van der Waals surface area contributed by atoms with Gasteiger partial charge in [-0.15, -0.1) is 0 Å². The molecule has 0 aliphatic carbocycles. The lowest BCUT2D eigenvalue weighted by molar-refractivity contribution is -0.121. The van der Waals surface area contributed by atoms with Gasteiger partial charge in [0.1, 0.15) is 11.6 Å². The Hall–Kier alpha value is -2.19. The summed E-state index contributed by atoms with van der Waals surface area (Å²) in [5, 5.41) is 4.11. The van der Waals surface area contributed by atoms with E-state index >= 15 is 0 Å². The Morgan fingerprint density at radius 3 is 2.47 bits per heavy atom. The molecule has 8 heteroatoms. The minimum atomic E-state index is 0.203. The van der Waals surface area contributed by atoms with Gasteiger partial charge in [-0.05, 0) is 24.1 Å². The van der Waals surface area contributed by atoms with E-state index < -0.39 is 0 Å². The number of methoxy groups -OCH3 is 1. The molecule has 3 rings (SSSR count). The molecule has 1 fully saturated rings.